The highest BCUT2D eigenvalue weighted by atomic mass is 35.5. The minimum Gasteiger partial charge on any atom is -0.351 e. The molecule has 120 valence electrons. The van der Waals surface area contributed by atoms with Crippen LogP contribution in [0, 0.1) is 10.1 Å². The minimum absolute atomic E-state index is 0.000150. The molecule has 23 heavy (non-hydrogen) atoms. The number of hydrogen-bond acceptors (Lipinski definition) is 5. The minimum atomic E-state index is -0.621. The van der Waals surface area contributed by atoms with Crippen LogP contribution in [0.3, 0.4) is 0 Å². The van der Waals surface area contributed by atoms with E-state index in [0.29, 0.717) is 17.8 Å². The molecule has 2 aromatic rings. The summed E-state index contributed by atoms with van der Waals surface area (Å²) < 4.78 is 0. The van der Waals surface area contributed by atoms with Gasteiger partial charge in [0, 0.05) is 22.5 Å². The van der Waals surface area contributed by atoms with Crippen molar-refractivity contribution >= 4 is 40.3 Å². The Morgan fingerprint density at radius 3 is 2.65 bits per heavy atom. The number of Topliss-reactive ketones (excluding diaryl/α,β-unsaturated/α-hetero) is 1. The van der Waals surface area contributed by atoms with E-state index in [1.54, 1.807) is 6.07 Å². The van der Waals surface area contributed by atoms with Crippen molar-refractivity contribution in [1.29, 1.82) is 0 Å². The zero-order valence-corrected chi connectivity index (χ0v) is 13.7. The van der Waals surface area contributed by atoms with E-state index in [9.17, 15) is 19.7 Å². The fraction of sp³-hybridized carbons (Fsp3) is 0.200. The molecule has 0 spiro atoms. The molecule has 0 fully saturated rings. The van der Waals surface area contributed by atoms with Crippen molar-refractivity contribution in [3.8, 4) is 0 Å². The van der Waals surface area contributed by atoms with Crippen LogP contribution >= 0.6 is 22.9 Å². The molecule has 8 heteroatoms. The van der Waals surface area contributed by atoms with Crippen molar-refractivity contribution in [2.24, 2.45) is 0 Å². The van der Waals surface area contributed by atoms with Gasteiger partial charge in [0.25, 0.3) is 11.6 Å². The molecule has 1 heterocycles. The Kier molecular flexibility index (Phi) is 5.46. The molecular formula is C15H13ClN2O4S. The third-order valence-electron chi connectivity index (χ3n) is 3.07. The van der Waals surface area contributed by atoms with Gasteiger partial charge in [-0.1, -0.05) is 11.6 Å². The zero-order chi connectivity index (χ0) is 17.0. The number of hydrogen-bond donors (Lipinski definition) is 1. The molecule has 0 radical (unpaired) electrons. The van der Waals surface area contributed by atoms with E-state index in [4.69, 9.17) is 11.6 Å². The molecule has 1 aromatic heterocycles. The van der Waals surface area contributed by atoms with Gasteiger partial charge in [0.15, 0.2) is 5.78 Å². The lowest BCUT2D eigenvalue weighted by Crippen LogP contribution is -2.26. The number of amides is 1. The highest BCUT2D eigenvalue weighted by Crippen LogP contribution is 2.22. The van der Waals surface area contributed by atoms with Gasteiger partial charge in [-0.15, -0.1) is 11.3 Å². The highest BCUT2D eigenvalue weighted by Gasteiger charge is 2.20. The topological polar surface area (TPSA) is 89.3 Å². The number of carbonyl (C=O) groups excluding carboxylic acids is 2. The molecule has 1 amide bonds. The molecule has 0 bridgehead atoms. The summed E-state index contributed by atoms with van der Waals surface area (Å²) in [7, 11) is 0. The average molecular weight is 353 g/mol. The van der Waals surface area contributed by atoms with Gasteiger partial charge in [-0.3, -0.25) is 19.7 Å². The largest absolute Gasteiger partial charge is 0.351 e. The Morgan fingerprint density at radius 1 is 1.30 bits per heavy atom. The molecule has 1 aromatic carbocycles. The molecule has 0 aliphatic heterocycles. The van der Waals surface area contributed by atoms with Gasteiger partial charge in [-0.25, -0.2) is 0 Å². The Bertz CT molecular complexity index is 773. The van der Waals surface area contributed by atoms with Gasteiger partial charge in [0.2, 0.25) is 0 Å². The molecule has 0 atom stereocenters. The Hall–Kier alpha value is -2.25. The molecule has 0 aliphatic carbocycles. The van der Waals surface area contributed by atoms with Crippen LogP contribution in [0.5, 0.6) is 0 Å². The maximum atomic E-state index is 12.1. The standard InChI is InChI=1S/C15H13ClN2O4S/c1-9(19)14-5-3-11(23-14)6-7-17-15(20)12-8-10(16)2-4-13(12)18(21)22/h2-5,8H,6-7H2,1H3,(H,17,20). The molecule has 0 aliphatic rings. The van der Waals surface area contributed by atoms with E-state index >= 15 is 0 Å². The second-order valence-corrected chi connectivity index (χ2v) is 6.35. The van der Waals surface area contributed by atoms with Crippen molar-refractivity contribution in [1.82, 2.24) is 5.32 Å². The number of nitro benzene ring substituents is 1. The van der Waals surface area contributed by atoms with E-state index in [-0.39, 0.29) is 22.1 Å². The van der Waals surface area contributed by atoms with E-state index in [0.717, 1.165) is 4.88 Å². The lowest BCUT2D eigenvalue weighted by atomic mass is 10.1. The first-order valence-corrected chi connectivity index (χ1v) is 7.89. The SMILES string of the molecule is CC(=O)c1ccc(CCNC(=O)c2cc(Cl)ccc2[N+](=O)[O-])s1. The summed E-state index contributed by atoms with van der Waals surface area (Å²) in [6.07, 6.45) is 0.540. The van der Waals surface area contributed by atoms with Crippen molar-refractivity contribution in [2.45, 2.75) is 13.3 Å². The van der Waals surface area contributed by atoms with Crippen LogP contribution in [-0.2, 0) is 6.42 Å². The van der Waals surface area contributed by atoms with E-state index in [1.165, 1.54) is 36.5 Å². The zero-order valence-electron chi connectivity index (χ0n) is 12.2. The molecule has 1 N–H and O–H groups in total. The third kappa shape index (κ3) is 4.37. The van der Waals surface area contributed by atoms with Crippen LogP contribution in [0.4, 0.5) is 5.69 Å². The number of benzene rings is 1. The van der Waals surface area contributed by atoms with Crippen LogP contribution in [-0.4, -0.2) is 23.2 Å². The predicted octanol–water partition coefficient (Wildman–Crippen LogP) is 3.48. The van der Waals surface area contributed by atoms with Gasteiger partial charge in [-0.05, 0) is 37.6 Å². The number of thiophene rings is 1. The van der Waals surface area contributed by atoms with Gasteiger partial charge < -0.3 is 5.32 Å². The molecule has 0 saturated heterocycles. The first-order chi connectivity index (χ1) is 10.9. The smallest absolute Gasteiger partial charge is 0.282 e. The van der Waals surface area contributed by atoms with Crippen molar-refractivity contribution in [2.75, 3.05) is 6.54 Å². The van der Waals surface area contributed by atoms with Crippen molar-refractivity contribution in [3.63, 3.8) is 0 Å². The van der Waals surface area contributed by atoms with Crippen LogP contribution in [0.25, 0.3) is 0 Å². The summed E-state index contributed by atoms with van der Waals surface area (Å²) in [5, 5.41) is 13.8. The normalized spacial score (nSPS) is 10.3. The number of ketones is 1. The number of halogens is 1. The summed E-state index contributed by atoms with van der Waals surface area (Å²) in [5.41, 5.74) is -0.361. The summed E-state index contributed by atoms with van der Waals surface area (Å²) in [6.45, 7) is 1.80. The van der Waals surface area contributed by atoms with Gasteiger partial charge in [-0.2, -0.15) is 0 Å². The van der Waals surface area contributed by atoms with Crippen molar-refractivity contribution < 1.29 is 14.5 Å². The van der Waals surface area contributed by atoms with E-state index in [2.05, 4.69) is 5.32 Å². The van der Waals surface area contributed by atoms with E-state index in [1.807, 2.05) is 6.07 Å². The molecule has 2 rings (SSSR count). The second kappa shape index (κ2) is 7.34. The van der Waals surface area contributed by atoms with Crippen molar-refractivity contribution in [3.05, 3.63) is 60.8 Å². The fourth-order valence-electron chi connectivity index (χ4n) is 1.95. The third-order valence-corrected chi connectivity index (χ3v) is 4.55. The second-order valence-electron chi connectivity index (χ2n) is 4.75. The molecular weight excluding hydrogens is 340 g/mol. The summed E-state index contributed by atoms with van der Waals surface area (Å²) in [4.78, 5) is 35.3. The lowest BCUT2D eigenvalue weighted by molar-refractivity contribution is -0.385. The summed E-state index contributed by atoms with van der Waals surface area (Å²) in [6, 6.07) is 7.41. The van der Waals surface area contributed by atoms with Crippen LogP contribution < -0.4 is 5.32 Å². The first-order valence-electron chi connectivity index (χ1n) is 6.70. The number of rotatable bonds is 6. The van der Waals surface area contributed by atoms with Gasteiger partial charge >= 0.3 is 0 Å². The number of nitrogens with zero attached hydrogens (tertiary/aromatic N) is 1. The molecule has 0 unspecified atom stereocenters. The fourth-order valence-corrected chi connectivity index (χ4v) is 3.02. The Labute approximate surface area is 141 Å². The van der Waals surface area contributed by atoms with Crippen LogP contribution in [0.1, 0.15) is 31.8 Å². The maximum Gasteiger partial charge on any atom is 0.282 e. The number of nitro groups is 1. The quantitative estimate of drug-likeness (QED) is 0.489. The summed E-state index contributed by atoms with van der Waals surface area (Å²) in [5.74, 6) is -0.553. The average Bonchev–Trinajstić information content (AvgIpc) is 2.95. The highest BCUT2D eigenvalue weighted by molar-refractivity contribution is 7.14. The maximum absolute atomic E-state index is 12.1. The predicted molar refractivity (Wildman–Crippen MR) is 88.5 cm³/mol. The Balaban J connectivity index is 2.01. The van der Waals surface area contributed by atoms with Crippen LogP contribution in [0.15, 0.2) is 30.3 Å². The van der Waals surface area contributed by atoms with Crippen LogP contribution in [0.2, 0.25) is 5.02 Å². The summed E-state index contributed by atoms with van der Waals surface area (Å²) >= 11 is 7.16. The number of nitrogens with one attached hydrogen (secondary N) is 1. The lowest BCUT2D eigenvalue weighted by Gasteiger charge is -2.05. The monoisotopic (exact) mass is 352 g/mol. The molecule has 6 nitrogen and oxygen atoms in total. The Morgan fingerprint density at radius 2 is 2.04 bits per heavy atom. The van der Waals surface area contributed by atoms with Gasteiger partial charge in [0.05, 0.1) is 9.80 Å². The van der Waals surface area contributed by atoms with Gasteiger partial charge in [0.1, 0.15) is 5.56 Å². The molecule has 0 saturated carbocycles. The first kappa shape index (κ1) is 17.1. The number of carbonyl (C=O) groups is 2. The van der Waals surface area contributed by atoms with E-state index < -0.39 is 10.8 Å².